The van der Waals surface area contributed by atoms with Gasteiger partial charge >= 0.3 is 5.97 Å². The van der Waals surface area contributed by atoms with E-state index < -0.39 is 18.2 Å². The largest absolute Gasteiger partial charge is 0.461 e. The van der Waals surface area contributed by atoms with Crippen LogP contribution >= 0.6 is 0 Å². The summed E-state index contributed by atoms with van der Waals surface area (Å²) in [5, 5.41) is 23.7. The van der Waals surface area contributed by atoms with Gasteiger partial charge in [-0.1, -0.05) is 243 Å². The van der Waals surface area contributed by atoms with E-state index in [1.165, 1.54) is 154 Å². The Bertz CT molecular complexity index is 1040. The van der Waals surface area contributed by atoms with Crippen molar-refractivity contribution < 1.29 is 24.5 Å². The van der Waals surface area contributed by atoms with Crippen molar-refractivity contribution in [3.63, 3.8) is 0 Å². The van der Waals surface area contributed by atoms with E-state index in [0.29, 0.717) is 19.3 Å². The second kappa shape index (κ2) is 47.9. The second-order valence-electron chi connectivity index (χ2n) is 17.6. The molecule has 6 heteroatoms. The van der Waals surface area contributed by atoms with Crippen molar-refractivity contribution in [2.75, 3.05) is 6.61 Å². The van der Waals surface area contributed by atoms with Crippen LogP contribution < -0.4 is 5.32 Å². The number of unbranched alkanes of at least 4 members (excludes halogenated alkanes) is 27. The lowest BCUT2D eigenvalue weighted by Crippen LogP contribution is -2.46. The minimum absolute atomic E-state index is 0.00429. The Morgan fingerprint density at radius 3 is 1.33 bits per heavy atom. The van der Waals surface area contributed by atoms with Crippen molar-refractivity contribution in [2.45, 2.75) is 277 Å². The number of ether oxygens (including phenoxy) is 1. The number of aliphatic hydroxyl groups excluding tert-OH is 2. The molecule has 6 nitrogen and oxygen atoms in total. The van der Waals surface area contributed by atoms with Gasteiger partial charge in [-0.15, -0.1) is 0 Å². The molecule has 0 spiro atoms. The Kier molecular flexibility index (Phi) is 46.1. The van der Waals surface area contributed by atoms with Gasteiger partial charge in [0.05, 0.1) is 25.2 Å². The molecule has 3 atom stereocenters. The molecule has 0 saturated carbocycles. The second-order valence-corrected chi connectivity index (χ2v) is 17.6. The van der Waals surface area contributed by atoms with Gasteiger partial charge in [-0.2, -0.15) is 0 Å². The first-order valence-corrected chi connectivity index (χ1v) is 25.9. The smallest absolute Gasteiger partial charge is 0.306 e. The molecular formula is C54H99NO5. The summed E-state index contributed by atoms with van der Waals surface area (Å²) >= 11 is 0. The summed E-state index contributed by atoms with van der Waals surface area (Å²) in [6.45, 7) is 6.43. The van der Waals surface area contributed by atoms with Crippen LogP contribution in [0.2, 0.25) is 0 Å². The summed E-state index contributed by atoms with van der Waals surface area (Å²) < 4.78 is 5.87. The zero-order chi connectivity index (χ0) is 43.8. The molecule has 0 heterocycles. The molecule has 0 saturated heterocycles. The maximum Gasteiger partial charge on any atom is 0.306 e. The van der Waals surface area contributed by atoms with E-state index in [1.54, 1.807) is 0 Å². The molecule has 0 rings (SSSR count). The minimum Gasteiger partial charge on any atom is -0.461 e. The molecule has 0 radical (unpaired) electrons. The lowest BCUT2D eigenvalue weighted by atomic mass is 10.0. The van der Waals surface area contributed by atoms with Crippen LogP contribution in [0, 0.1) is 0 Å². The third-order valence-electron chi connectivity index (χ3n) is 11.7. The highest BCUT2D eigenvalue weighted by Crippen LogP contribution is 2.17. The van der Waals surface area contributed by atoms with Crippen LogP contribution in [0.15, 0.2) is 48.6 Å². The van der Waals surface area contributed by atoms with Gasteiger partial charge in [-0.05, 0) is 44.9 Å². The van der Waals surface area contributed by atoms with Gasteiger partial charge in [0.25, 0.3) is 0 Å². The number of hydrogen-bond donors (Lipinski definition) is 3. The van der Waals surface area contributed by atoms with E-state index in [0.717, 1.165) is 57.8 Å². The summed E-state index contributed by atoms with van der Waals surface area (Å²) in [6, 6.07) is -0.728. The van der Waals surface area contributed by atoms with Crippen molar-refractivity contribution in [3.8, 4) is 0 Å². The number of carbonyl (C=O) groups is 2. The van der Waals surface area contributed by atoms with Gasteiger partial charge in [0.1, 0.15) is 6.10 Å². The van der Waals surface area contributed by atoms with E-state index in [2.05, 4.69) is 68.6 Å². The highest BCUT2D eigenvalue weighted by Gasteiger charge is 2.23. The molecule has 0 bridgehead atoms. The lowest BCUT2D eigenvalue weighted by molar-refractivity contribution is -0.150. The highest BCUT2D eigenvalue weighted by atomic mass is 16.5. The lowest BCUT2D eigenvalue weighted by Gasteiger charge is -2.24. The topological polar surface area (TPSA) is 95.9 Å². The zero-order valence-corrected chi connectivity index (χ0v) is 39.8. The number of allylic oxidation sites excluding steroid dienone is 7. The van der Waals surface area contributed by atoms with Gasteiger partial charge in [0.2, 0.25) is 5.91 Å². The quantitative estimate of drug-likeness (QED) is 0.0322. The molecule has 0 aliphatic heterocycles. The number of aliphatic hydroxyl groups is 2. The molecule has 3 N–H and O–H groups in total. The van der Waals surface area contributed by atoms with Crippen molar-refractivity contribution in [3.05, 3.63) is 48.6 Å². The van der Waals surface area contributed by atoms with Crippen LogP contribution in [-0.4, -0.2) is 46.9 Å². The highest BCUT2D eigenvalue weighted by molar-refractivity contribution is 5.77. The Morgan fingerprint density at radius 2 is 0.883 bits per heavy atom. The van der Waals surface area contributed by atoms with Gasteiger partial charge in [-0.3, -0.25) is 9.59 Å². The summed E-state index contributed by atoms with van der Waals surface area (Å²) in [4.78, 5) is 26.1. The van der Waals surface area contributed by atoms with Gasteiger partial charge in [0.15, 0.2) is 0 Å². The number of carbonyl (C=O) groups excluding carboxylic acids is 2. The first kappa shape index (κ1) is 57.8. The fourth-order valence-corrected chi connectivity index (χ4v) is 7.70. The van der Waals surface area contributed by atoms with Crippen LogP contribution in [-0.2, 0) is 14.3 Å². The number of rotatable bonds is 46. The molecule has 1 amide bonds. The van der Waals surface area contributed by atoms with Crippen LogP contribution in [0.3, 0.4) is 0 Å². The maximum absolute atomic E-state index is 13.2. The molecule has 0 aliphatic rings. The molecule has 0 fully saturated rings. The van der Waals surface area contributed by atoms with Gasteiger partial charge in [0, 0.05) is 12.8 Å². The van der Waals surface area contributed by atoms with Crippen LogP contribution in [0.4, 0.5) is 0 Å². The van der Waals surface area contributed by atoms with E-state index in [1.807, 2.05) is 6.08 Å². The molecule has 0 aromatic heterocycles. The monoisotopic (exact) mass is 842 g/mol. The minimum atomic E-state index is -0.809. The van der Waals surface area contributed by atoms with Gasteiger partial charge < -0.3 is 20.3 Å². The van der Waals surface area contributed by atoms with Crippen LogP contribution in [0.5, 0.6) is 0 Å². The molecule has 0 aromatic rings. The molecule has 0 aromatic carbocycles. The van der Waals surface area contributed by atoms with E-state index >= 15 is 0 Å². The predicted octanol–water partition coefficient (Wildman–Crippen LogP) is 15.5. The number of amides is 1. The summed E-state index contributed by atoms with van der Waals surface area (Å²) in [6.07, 6.45) is 57.5. The van der Waals surface area contributed by atoms with Crippen molar-refractivity contribution in [2.24, 2.45) is 0 Å². The third-order valence-corrected chi connectivity index (χ3v) is 11.7. The Balaban J connectivity index is 4.70. The Labute approximate surface area is 372 Å². The number of hydrogen-bond acceptors (Lipinski definition) is 5. The first-order valence-electron chi connectivity index (χ1n) is 25.9. The SMILES string of the molecule is CCCCC/C=C\C/C=C\C/C=C\C/C=C\CC(CC(=O)NC(CO)C(O)CCCCCCCCCCCCCCC)OC(=O)CCCCCCCCCCCCCCC. The standard InChI is InChI=1S/C54H99NO5/c1-4-7-10-13-16-19-22-25-26-29-30-33-36-39-42-45-50(60-54(59)47-44-41-38-35-32-28-24-21-18-15-12-9-6-3)48-53(58)55-51(49-56)52(57)46-43-40-37-34-31-27-23-20-17-14-11-8-5-2/h16,19,25-26,30,33,39,42,50-52,56-57H,4-15,17-18,20-24,27-29,31-32,34-38,40-41,43-49H2,1-3H3,(H,55,58)/b19-16-,26-25-,33-30-,42-39-. The van der Waals surface area contributed by atoms with Crippen LogP contribution in [0.25, 0.3) is 0 Å². The Morgan fingerprint density at radius 1 is 0.500 bits per heavy atom. The molecule has 60 heavy (non-hydrogen) atoms. The number of nitrogens with one attached hydrogen (secondary N) is 1. The Hall–Kier alpha value is -2.18. The number of esters is 1. The third kappa shape index (κ3) is 42.5. The summed E-state index contributed by atoms with van der Waals surface area (Å²) in [7, 11) is 0. The molecule has 3 unspecified atom stereocenters. The molecular weight excluding hydrogens is 743 g/mol. The average Bonchev–Trinajstić information content (AvgIpc) is 3.24. The van der Waals surface area contributed by atoms with Crippen molar-refractivity contribution in [1.82, 2.24) is 5.32 Å². The fourth-order valence-electron chi connectivity index (χ4n) is 7.70. The fraction of sp³-hybridized carbons (Fsp3) is 0.815. The van der Waals surface area contributed by atoms with Gasteiger partial charge in [-0.25, -0.2) is 0 Å². The average molecular weight is 842 g/mol. The predicted molar refractivity (Wildman–Crippen MR) is 259 cm³/mol. The van der Waals surface area contributed by atoms with E-state index in [4.69, 9.17) is 4.74 Å². The molecule has 350 valence electrons. The van der Waals surface area contributed by atoms with Crippen molar-refractivity contribution in [1.29, 1.82) is 0 Å². The van der Waals surface area contributed by atoms with E-state index in [-0.39, 0.29) is 24.9 Å². The zero-order valence-electron chi connectivity index (χ0n) is 39.8. The summed E-state index contributed by atoms with van der Waals surface area (Å²) in [5.74, 6) is -0.568. The molecule has 0 aliphatic carbocycles. The summed E-state index contributed by atoms with van der Waals surface area (Å²) in [5.41, 5.74) is 0. The maximum atomic E-state index is 13.2. The van der Waals surface area contributed by atoms with Crippen molar-refractivity contribution >= 4 is 11.9 Å². The normalized spacial score (nSPS) is 13.6. The van der Waals surface area contributed by atoms with E-state index in [9.17, 15) is 19.8 Å². The first-order chi connectivity index (χ1) is 29.5. The van der Waals surface area contributed by atoms with Crippen LogP contribution in [0.1, 0.15) is 258 Å².